The number of aryl methyl sites for hydroxylation is 3. The molecule has 0 spiro atoms. The molecule has 2 rings (SSSR count). The molecule has 0 bridgehead atoms. The van der Waals surface area contributed by atoms with Gasteiger partial charge in [-0.15, -0.1) is 0 Å². The van der Waals surface area contributed by atoms with Crippen LogP contribution >= 0.6 is 15.9 Å². The molecule has 0 radical (unpaired) electrons. The lowest BCUT2D eigenvalue weighted by molar-refractivity contribution is -0.143. The Morgan fingerprint density at radius 3 is 2.16 bits per heavy atom. The first kappa shape index (κ1) is 25.9. The fourth-order valence-corrected chi connectivity index (χ4v) is 3.70. The number of hydrogen-bond acceptors (Lipinski definition) is 3. The van der Waals surface area contributed by atoms with Gasteiger partial charge in [-0.2, -0.15) is 0 Å². The molecule has 32 heavy (non-hydrogen) atoms. The van der Waals surface area contributed by atoms with Crippen molar-refractivity contribution in [3.05, 3.63) is 63.1 Å². The van der Waals surface area contributed by atoms with Gasteiger partial charge in [0.15, 0.2) is 6.61 Å². The number of nitrogens with zero attached hydrogens (tertiary/aromatic N) is 1. The van der Waals surface area contributed by atoms with Gasteiger partial charge in [-0.25, -0.2) is 0 Å². The molecular formula is C26H35BrN2O3. The molecule has 0 heterocycles. The van der Waals surface area contributed by atoms with Gasteiger partial charge < -0.3 is 15.0 Å². The Balaban J connectivity index is 2.24. The molecule has 0 fully saturated rings. The van der Waals surface area contributed by atoms with E-state index in [0.29, 0.717) is 18.7 Å². The standard InChI is InChI=1S/C26H35BrN2O3/c1-7-20(6)28-26(31)23(8-2)29(15-21-11-9-17(3)10-12-21)24(30)16-32-22-13-18(4)25(27)19(5)14-22/h9-14,20,23H,7-8,15-16H2,1-6H3,(H,28,31)/t20-,23-/m1/s1. The van der Waals surface area contributed by atoms with Gasteiger partial charge in [0, 0.05) is 17.1 Å². The van der Waals surface area contributed by atoms with E-state index >= 15 is 0 Å². The largest absolute Gasteiger partial charge is 0.484 e. The van der Waals surface area contributed by atoms with Crippen molar-refractivity contribution in [3.8, 4) is 5.75 Å². The molecule has 6 heteroatoms. The Bertz CT molecular complexity index is 904. The van der Waals surface area contributed by atoms with Crippen LogP contribution in [0, 0.1) is 20.8 Å². The molecule has 0 unspecified atom stereocenters. The maximum Gasteiger partial charge on any atom is 0.261 e. The number of halogens is 1. The average molecular weight is 503 g/mol. The zero-order valence-electron chi connectivity index (χ0n) is 20.0. The van der Waals surface area contributed by atoms with Crippen LogP contribution in [-0.2, 0) is 16.1 Å². The predicted octanol–water partition coefficient (Wildman–Crippen LogP) is 5.48. The van der Waals surface area contributed by atoms with E-state index in [2.05, 4.69) is 21.2 Å². The molecule has 0 saturated carbocycles. The van der Waals surface area contributed by atoms with Crippen LogP contribution < -0.4 is 10.1 Å². The molecule has 0 aliphatic heterocycles. The number of carbonyl (C=O) groups is 2. The molecule has 174 valence electrons. The number of carbonyl (C=O) groups excluding carboxylic acids is 2. The first-order valence-corrected chi connectivity index (χ1v) is 12.0. The number of benzene rings is 2. The van der Waals surface area contributed by atoms with Crippen LogP contribution in [0.2, 0.25) is 0 Å². The summed E-state index contributed by atoms with van der Waals surface area (Å²) in [6, 6.07) is 11.3. The Morgan fingerprint density at radius 2 is 1.62 bits per heavy atom. The predicted molar refractivity (Wildman–Crippen MR) is 133 cm³/mol. The first-order valence-electron chi connectivity index (χ1n) is 11.2. The molecule has 0 aliphatic rings. The van der Waals surface area contributed by atoms with Gasteiger partial charge in [0.25, 0.3) is 5.91 Å². The maximum absolute atomic E-state index is 13.3. The normalized spacial score (nSPS) is 12.7. The minimum absolute atomic E-state index is 0.0536. The third kappa shape index (κ3) is 7.09. The van der Waals surface area contributed by atoms with Crippen LogP contribution in [0.15, 0.2) is 40.9 Å². The van der Waals surface area contributed by atoms with Crippen molar-refractivity contribution in [2.24, 2.45) is 0 Å². The van der Waals surface area contributed by atoms with Crippen LogP contribution in [-0.4, -0.2) is 35.4 Å². The fourth-order valence-electron chi connectivity index (χ4n) is 3.47. The van der Waals surface area contributed by atoms with Gasteiger partial charge in [0.2, 0.25) is 5.91 Å². The van der Waals surface area contributed by atoms with E-state index < -0.39 is 6.04 Å². The topological polar surface area (TPSA) is 58.6 Å². The van der Waals surface area contributed by atoms with Crippen molar-refractivity contribution in [2.75, 3.05) is 6.61 Å². The summed E-state index contributed by atoms with van der Waals surface area (Å²) in [5, 5.41) is 3.03. The van der Waals surface area contributed by atoms with Gasteiger partial charge in [-0.3, -0.25) is 9.59 Å². The number of ether oxygens (including phenoxy) is 1. The lowest BCUT2D eigenvalue weighted by Crippen LogP contribution is -2.51. The van der Waals surface area contributed by atoms with Crippen LogP contribution in [0.4, 0.5) is 0 Å². The highest BCUT2D eigenvalue weighted by molar-refractivity contribution is 9.10. The molecule has 0 saturated heterocycles. The summed E-state index contributed by atoms with van der Waals surface area (Å²) in [6.07, 6.45) is 1.36. The number of nitrogens with one attached hydrogen (secondary N) is 1. The molecule has 2 atom stereocenters. The van der Waals surface area contributed by atoms with E-state index in [9.17, 15) is 9.59 Å². The van der Waals surface area contributed by atoms with Crippen LogP contribution in [0.1, 0.15) is 55.9 Å². The van der Waals surface area contributed by atoms with E-state index in [1.807, 2.05) is 77.9 Å². The summed E-state index contributed by atoms with van der Waals surface area (Å²) in [6.45, 7) is 12.2. The Hall–Kier alpha value is -2.34. The molecule has 0 aromatic heterocycles. The number of rotatable bonds is 10. The summed E-state index contributed by atoms with van der Waals surface area (Å²) in [4.78, 5) is 27.9. The Morgan fingerprint density at radius 1 is 1.03 bits per heavy atom. The lowest BCUT2D eigenvalue weighted by atomic mass is 10.1. The molecule has 5 nitrogen and oxygen atoms in total. The lowest BCUT2D eigenvalue weighted by Gasteiger charge is -2.31. The maximum atomic E-state index is 13.3. The monoisotopic (exact) mass is 502 g/mol. The first-order chi connectivity index (χ1) is 15.2. The summed E-state index contributed by atoms with van der Waals surface area (Å²) in [5.74, 6) is 0.302. The van der Waals surface area contributed by atoms with Crippen LogP contribution in [0.25, 0.3) is 0 Å². The second-order valence-corrected chi connectivity index (χ2v) is 9.20. The quantitative estimate of drug-likeness (QED) is 0.468. The zero-order valence-corrected chi connectivity index (χ0v) is 21.6. The molecule has 2 aromatic rings. The highest BCUT2D eigenvalue weighted by Crippen LogP contribution is 2.26. The van der Waals surface area contributed by atoms with E-state index in [4.69, 9.17) is 4.74 Å². The molecule has 2 amide bonds. The van der Waals surface area contributed by atoms with E-state index in [-0.39, 0.29) is 24.5 Å². The molecule has 2 aromatic carbocycles. The smallest absolute Gasteiger partial charge is 0.261 e. The number of amides is 2. The van der Waals surface area contributed by atoms with Gasteiger partial charge in [0.1, 0.15) is 11.8 Å². The van der Waals surface area contributed by atoms with Crippen LogP contribution in [0.3, 0.4) is 0 Å². The highest BCUT2D eigenvalue weighted by Gasteiger charge is 2.29. The van der Waals surface area contributed by atoms with Crippen molar-refractivity contribution >= 4 is 27.7 Å². The van der Waals surface area contributed by atoms with E-state index in [0.717, 1.165) is 33.1 Å². The summed E-state index contributed by atoms with van der Waals surface area (Å²) < 4.78 is 6.89. The molecule has 1 N–H and O–H groups in total. The highest BCUT2D eigenvalue weighted by atomic mass is 79.9. The second-order valence-electron chi connectivity index (χ2n) is 8.41. The third-order valence-corrected chi connectivity index (χ3v) is 6.88. The van der Waals surface area contributed by atoms with Crippen molar-refractivity contribution in [2.45, 2.75) is 73.0 Å². The minimum atomic E-state index is -0.560. The Kier molecular flexibility index (Phi) is 9.76. The van der Waals surface area contributed by atoms with Crippen molar-refractivity contribution in [1.82, 2.24) is 10.2 Å². The molecule has 0 aliphatic carbocycles. The zero-order chi connectivity index (χ0) is 23.8. The van der Waals surface area contributed by atoms with Crippen molar-refractivity contribution in [3.63, 3.8) is 0 Å². The van der Waals surface area contributed by atoms with Gasteiger partial charge in [-0.05, 0) is 69.4 Å². The van der Waals surface area contributed by atoms with E-state index in [1.165, 1.54) is 0 Å². The summed E-state index contributed by atoms with van der Waals surface area (Å²) in [5.41, 5.74) is 4.22. The van der Waals surface area contributed by atoms with Crippen molar-refractivity contribution < 1.29 is 14.3 Å². The van der Waals surface area contributed by atoms with Crippen molar-refractivity contribution in [1.29, 1.82) is 0 Å². The number of hydrogen-bond donors (Lipinski definition) is 1. The summed E-state index contributed by atoms with van der Waals surface area (Å²) >= 11 is 3.55. The fraction of sp³-hybridized carbons (Fsp3) is 0.462. The van der Waals surface area contributed by atoms with E-state index in [1.54, 1.807) is 4.90 Å². The minimum Gasteiger partial charge on any atom is -0.484 e. The SMILES string of the molecule is CC[C@@H](C)NC(=O)[C@@H](CC)N(Cc1ccc(C)cc1)C(=O)COc1cc(C)c(Br)c(C)c1. The third-order valence-electron chi connectivity index (χ3n) is 5.63. The van der Waals surface area contributed by atoms with Gasteiger partial charge >= 0.3 is 0 Å². The van der Waals surface area contributed by atoms with Gasteiger partial charge in [0.05, 0.1) is 0 Å². The summed E-state index contributed by atoms with van der Waals surface area (Å²) in [7, 11) is 0. The molecular weight excluding hydrogens is 468 g/mol. The Labute approximate surface area is 200 Å². The second kappa shape index (κ2) is 12.0. The van der Waals surface area contributed by atoms with Crippen LogP contribution in [0.5, 0.6) is 5.75 Å². The average Bonchev–Trinajstić information content (AvgIpc) is 2.76. The van der Waals surface area contributed by atoms with Gasteiger partial charge in [-0.1, -0.05) is 59.6 Å².